The van der Waals surface area contributed by atoms with Crippen molar-refractivity contribution in [3.05, 3.63) is 12.7 Å². The average molecular weight is 171 g/mol. The summed E-state index contributed by atoms with van der Waals surface area (Å²) in [5.74, 6) is 0. The first-order valence-corrected chi connectivity index (χ1v) is 5.63. The van der Waals surface area contributed by atoms with E-state index in [-0.39, 0.29) is 6.10 Å². The van der Waals surface area contributed by atoms with Gasteiger partial charge in [-0.2, -0.15) is 0 Å². The van der Waals surface area contributed by atoms with E-state index in [9.17, 15) is 0 Å². The largest absolute Gasteiger partial charge is 0.393 e. The van der Waals surface area contributed by atoms with Crippen molar-refractivity contribution < 1.29 is 8.85 Å². The van der Waals surface area contributed by atoms with Crippen LogP contribution in [-0.2, 0) is 8.85 Å². The van der Waals surface area contributed by atoms with Crippen LogP contribution in [0.4, 0.5) is 0 Å². The van der Waals surface area contributed by atoms with Gasteiger partial charge in [0, 0.05) is 6.61 Å². The predicted octanol–water partition coefficient (Wildman–Crippen LogP) is 1.88. The fourth-order valence-electron chi connectivity index (χ4n) is 0.978. The smallest absolute Gasteiger partial charge is 0.385 e. The van der Waals surface area contributed by atoms with Crippen LogP contribution in [0.2, 0.25) is 6.04 Å². The molecule has 0 spiro atoms. The highest BCUT2D eigenvalue weighted by molar-refractivity contribution is 6.44. The van der Waals surface area contributed by atoms with Gasteiger partial charge in [-0.25, -0.2) is 0 Å². The van der Waals surface area contributed by atoms with E-state index in [4.69, 9.17) is 8.85 Å². The summed E-state index contributed by atoms with van der Waals surface area (Å²) in [6.45, 7) is 6.55. The lowest BCUT2D eigenvalue weighted by molar-refractivity contribution is 0.156. The van der Waals surface area contributed by atoms with Crippen molar-refractivity contribution in [2.45, 2.75) is 31.9 Å². The molecule has 1 heterocycles. The van der Waals surface area contributed by atoms with Crippen LogP contribution >= 0.6 is 0 Å². The van der Waals surface area contributed by atoms with Gasteiger partial charge in [-0.1, -0.05) is 6.08 Å². The van der Waals surface area contributed by atoms with Crippen LogP contribution in [0, 0.1) is 0 Å². The van der Waals surface area contributed by atoms with Gasteiger partial charge in [0.1, 0.15) is 0 Å². The van der Waals surface area contributed by atoms with E-state index < -0.39 is 9.28 Å². The van der Waals surface area contributed by atoms with Gasteiger partial charge in [0.05, 0.1) is 6.10 Å². The molecule has 0 bridgehead atoms. The first-order chi connectivity index (χ1) is 5.33. The quantitative estimate of drug-likeness (QED) is 0.477. The van der Waals surface area contributed by atoms with Crippen molar-refractivity contribution in [2.24, 2.45) is 0 Å². The zero-order valence-electron chi connectivity index (χ0n) is 7.01. The molecule has 0 amide bonds. The Balaban J connectivity index is 2.18. The lowest BCUT2D eigenvalue weighted by Gasteiger charge is -2.21. The van der Waals surface area contributed by atoms with E-state index in [1.54, 1.807) is 0 Å². The summed E-state index contributed by atoms with van der Waals surface area (Å²) in [4.78, 5) is 0. The van der Waals surface area contributed by atoms with Gasteiger partial charge < -0.3 is 8.85 Å². The molecule has 1 rings (SSSR count). The average Bonchev–Trinajstić information content (AvgIpc) is 2.06. The van der Waals surface area contributed by atoms with Crippen molar-refractivity contribution in [3.63, 3.8) is 0 Å². The topological polar surface area (TPSA) is 18.5 Å². The van der Waals surface area contributed by atoms with E-state index in [2.05, 4.69) is 6.58 Å². The zero-order valence-corrected chi connectivity index (χ0v) is 8.01. The Morgan fingerprint density at radius 1 is 1.64 bits per heavy atom. The fraction of sp³-hybridized carbons (Fsp3) is 0.750. The maximum absolute atomic E-state index is 5.60. The lowest BCUT2D eigenvalue weighted by Crippen LogP contribution is -2.29. The van der Waals surface area contributed by atoms with Crippen molar-refractivity contribution >= 4 is 9.28 Å². The third-order valence-corrected chi connectivity index (χ3v) is 3.61. The number of hydrogen-bond acceptors (Lipinski definition) is 2. The highest BCUT2D eigenvalue weighted by Gasteiger charge is 2.20. The van der Waals surface area contributed by atoms with Gasteiger partial charge in [0.15, 0.2) is 0 Å². The standard InChI is InChI=1S/C8H15O2Si/c1-3-8(2)10-11-7-5-4-6-9-11/h3,8H,1,4-7H2,2H3. The van der Waals surface area contributed by atoms with E-state index in [1.807, 2.05) is 13.0 Å². The molecule has 0 aromatic carbocycles. The Morgan fingerprint density at radius 3 is 3.00 bits per heavy atom. The molecule has 1 radical (unpaired) electrons. The van der Waals surface area contributed by atoms with Crippen molar-refractivity contribution in [1.82, 2.24) is 0 Å². The number of rotatable bonds is 3. The monoisotopic (exact) mass is 171 g/mol. The van der Waals surface area contributed by atoms with E-state index in [0.717, 1.165) is 12.7 Å². The molecular weight excluding hydrogens is 156 g/mol. The first kappa shape index (κ1) is 8.97. The molecule has 2 nitrogen and oxygen atoms in total. The van der Waals surface area contributed by atoms with Gasteiger partial charge in [-0.05, 0) is 25.8 Å². The zero-order chi connectivity index (χ0) is 8.10. The number of hydrogen-bond donors (Lipinski definition) is 0. The second kappa shape index (κ2) is 4.69. The Hall–Kier alpha value is -0.123. The molecule has 63 valence electrons. The molecule has 11 heavy (non-hydrogen) atoms. The van der Waals surface area contributed by atoms with Crippen molar-refractivity contribution in [3.8, 4) is 0 Å². The molecule has 0 N–H and O–H groups in total. The molecule has 0 aromatic heterocycles. The van der Waals surface area contributed by atoms with Gasteiger partial charge in [-0.3, -0.25) is 0 Å². The van der Waals surface area contributed by atoms with Crippen LogP contribution in [0.15, 0.2) is 12.7 Å². The molecule has 1 saturated heterocycles. The normalized spacial score (nSPS) is 23.0. The summed E-state index contributed by atoms with van der Waals surface area (Å²) in [6, 6.07) is 1.13. The van der Waals surface area contributed by atoms with Crippen LogP contribution < -0.4 is 0 Å². The van der Waals surface area contributed by atoms with Crippen molar-refractivity contribution in [2.75, 3.05) is 6.61 Å². The Morgan fingerprint density at radius 2 is 2.45 bits per heavy atom. The summed E-state index contributed by atoms with van der Waals surface area (Å²) >= 11 is 0. The minimum atomic E-state index is -0.931. The molecule has 1 atom stereocenters. The van der Waals surface area contributed by atoms with Crippen LogP contribution in [0.1, 0.15) is 19.8 Å². The van der Waals surface area contributed by atoms with Gasteiger partial charge in [0.25, 0.3) is 0 Å². The molecule has 1 unspecified atom stereocenters. The minimum Gasteiger partial charge on any atom is -0.393 e. The summed E-state index contributed by atoms with van der Waals surface area (Å²) in [6.07, 6.45) is 4.43. The van der Waals surface area contributed by atoms with Crippen LogP contribution in [-0.4, -0.2) is 22.0 Å². The highest BCUT2D eigenvalue weighted by Crippen LogP contribution is 2.13. The van der Waals surface area contributed by atoms with Gasteiger partial charge >= 0.3 is 9.28 Å². The third-order valence-electron chi connectivity index (χ3n) is 1.69. The molecule has 1 fully saturated rings. The van der Waals surface area contributed by atoms with Crippen LogP contribution in [0.25, 0.3) is 0 Å². The van der Waals surface area contributed by atoms with Crippen molar-refractivity contribution in [1.29, 1.82) is 0 Å². The van der Waals surface area contributed by atoms with E-state index in [0.29, 0.717) is 0 Å². The molecule has 1 aliphatic rings. The molecule has 3 heteroatoms. The predicted molar refractivity (Wildman–Crippen MR) is 46.5 cm³/mol. The van der Waals surface area contributed by atoms with Gasteiger partial charge in [0.2, 0.25) is 0 Å². The molecule has 0 aromatic rings. The summed E-state index contributed by atoms with van der Waals surface area (Å²) in [7, 11) is -0.931. The third kappa shape index (κ3) is 3.18. The molecule has 0 aliphatic carbocycles. The Bertz CT molecular complexity index is 121. The fourth-order valence-corrected chi connectivity index (χ4v) is 2.73. The van der Waals surface area contributed by atoms with Crippen LogP contribution in [0.3, 0.4) is 0 Å². The molecular formula is C8H15O2Si. The Labute approximate surface area is 70.0 Å². The maximum atomic E-state index is 5.60. The summed E-state index contributed by atoms with van der Waals surface area (Å²) in [5, 5.41) is 0. The molecule has 0 saturated carbocycles. The minimum absolute atomic E-state index is 0.155. The Kier molecular flexibility index (Phi) is 3.83. The first-order valence-electron chi connectivity index (χ1n) is 4.11. The SMILES string of the molecule is C=CC(C)O[Si]1CCCCO1. The van der Waals surface area contributed by atoms with E-state index in [1.165, 1.54) is 12.8 Å². The summed E-state index contributed by atoms with van der Waals surface area (Å²) < 4.78 is 11.1. The lowest BCUT2D eigenvalue weighted by atomic mass is 10.4. The maximum Gasteiger partial charge on any atom is 0.385 e. The molecule has 1 aliphatic heterocycles. The van der Waals surface area contributed by atoms with Gasteiger partial charge in [-0.15, -0.1) is 6.58 Å². The highest BCUT2D eigenvalue weighted by atomic mass is 28.3. The second-order valence-electron chi connectivity index (χ2n) is 2.74. The summed E-state index contributed by atoms with van der Waals surface area (Å²) in [5.41, 5.74) is 0. The van der Waals surface area contributed by atoms with Crippen LogP contribution in [0.5, 0.6) is 0 Å². The van der Waals surface area contributed by atoms with E-state index >= 15 is 0 Å². The second-order valence-corrected chi connectivity index (χ2v) is 4.50.